The maximum absolute atomic E-state index is 12.9. The van der Waals surface area contributed by atoms with Crippen LogP contribution in [0, 0.1) is 5.82 Å². The summed E-state index contributed by atoms with van der Waals surface area (Å²) in [5, 5.41) is 0.610. The highest BCUT2D eigenvalue weighted by molar-refractivity contribution is 9.09. The van der Waals surface area contributed by atoms with Crippen molar-refractivity contribution in [3.8, 4) is 0 Å². The maximum Gasteiger partial charge on any atom is 0.250 e. The topological polar surface area (TPSA) is 56.0 Å². The van der Waals surface area contributed by atoms with E-state index in [1.807, 2.05) is 13.8 Å². The molecule has 0 saturated heterocycles. The van der Waals surface area contributed by atoms with Crippen LogP contribution in [0.5, 0.6) is 0 Å². The molecule has 82 valence electrons. The van der Waals surface area contributed by atoms with Gasteiger partial charge in [0.2, 0.25) is 0 Å². The van der Waals surface area contributed by atoms with Crippen molar-refractivity contribution in [3.05, 3.63) is 29.3 Å². The first-order valence-electron chi connectivity index (χ1n) is 4.40. The van der Waals surface area contributed by atoms with Crippen LogP contribution in [0.2, 0.25) is 0 Å². The number of carbonyl (C=O) groups is 1. The van der Waals surface area contributed by atoms with Gasteiger partial charge in [-0.1, -0.05) is 29.8 Å². The Bertz CT molecular complexity index is 393. The average Bonchev–Trinajstić information content (AvgIpc) is 2.17. The fourth-order valence-corrected chi connectivity index (χ4v) is 1.50. The lowest BCUT2D eigenvalue weighted by Crippen LogP contribution is -2.27. The molecular weight excluding hydrogens is 263 g/mol. The summed E-state index contributed by atoms with van der Waals surface area (Å²) < 4.78 is 12.9. The molecule has 0 aliphatic carbocycles. The van der Waals surface area contributed by atoms with Crippen LogP contribution in [0.1, 0.15) is 29.9 Å². The fourth-order valence-electron chi connectivity index (χ4n) is 1.23. The Kier molecular flexibility index (Phi) is 3.44. The van der Waals surface area contributed by atoms with Crippen LogP contribution in [0.4, 0.5) is 4.39 Å². The molecule has 0 radical (unpaired) electrons. The molecule has 1 aromatic rings. The number of carbonyl (C=O) groups excluding carboxylic acids is 1. The molecule has 1 heterocycles. The van der Waals surface area contributed by atoms with Gasteiger partial charge in [0.05, 0.1) is 17.5 Å². The Morgan fingerprint density at radius 1 is 1.67 bits per heavy atom. The van der Waals surface area contributed by atoms with E-state index < -0.39 is 11.7 Å². The van der Waals surface area contributed by atoms with Crippen molar-refractivity contribution in [1.82, 2.24) is 4.98 Å². The molecule has 0 aliphatic heterocycles. The molecule has 0 fully saturated rings. The van der Waals surface area contributed by atoms with Gasteiger partial charge in [-0.2, -0.15) is 0 Å². The van der Waals surface area contributed by atoms with Crippen molar-refractivity contribution in [1.29, 1.82) is 0 Å². The van der Waals surface area contributed by atoms with E-state index in [0.717, 1.165) is 12.3 Å². The third-order valence-corrected chi connectivity index (χ3v) is 3.50. The van der Waals surface area contributed by atoms with E-state index >= 15 is 0 Å². The molecule has 0 spiro atoms. The predicted molar refractivity (Wildman–Crippen MR) is 59.5 cm³/mol. The number of alkyl halides is 1. The Morgan fingerprint density at radius 3 is 2.73 bits per heavy atom. The molecule has 1 rings (SSSR count). The summed E-state index contributed by atoms with van der Waals surface area (Å²) >= 11 is 3.32. The molecule has 0 aliphatic rings. The lowest BCUT2D eigenvalue weighted by Gasteiger charge is -2.22. The fraction of sp³-hybridized carbons (Fsp3) is 0.400. The lowest BCUT2D eigenvalue weighted by atomic mass is 9.88. The molecule has 0 bridgehead atoms. The van der Waals surface area contributed by atoms with Crippen molar-refractivity contribution in [2.75, 3.05) is 5.33 Å². The zero-order valence-electron chi connectivity index (χ0n) is 8.55. The summed E-state index contributed by atoms with van der Waals surface area (Å²) in [6, 6.07) is 1.12. The van der Waals surface area contributed by atoms with Crippen molar-refractivity contribution in [3.63, 3.8) is 0 Å². The van der Waals surface area contributed by atoms with Crippen molar-refractivity contribution in [2.45, 2.75) is 19.3 Å². The van der Waals surface area contributed by atoms with Gasteiger partial charge in [0, 0.05) is 10.7 Å². The van der Waals surface area contributed by atoms with Crippen molar-refractivity contribution in [2.24, 2.45) is 5.73 Å². The second kappa shape index (κ2) is 4.26. The summed E-state index contributed by atoms with van der Waals surface area (Å²) in [7, 11) is 0. The Morgan fingerprint density at radius 2 is 2.27 bits per heavy atom. The highest BCUT2D eigenvalue weighted by atomic mass is 79.9. The van der Waals surface area contributed by atoms with Crippen LogP contribution < -0.4 is 5.73 Å². The summed E-state index contributed by atoms with van der Waals surface area (Å²) in [5.74, 6) is -1.22. The minimum Gasteiger partial charge on any atom is -0.366 e. The van der Waals surface area contributed by atoms with Gasteiger partial charge in [0.15, 0.2) is 0 Å². The molecule has 0 unspecified atom stereocenters. The van der Waals surface area contributed by atoms with Gasteiger partial charge < -0.3 is 5.73 Å². The van der Waals surface area contributed by atoms with E-state index in [4.69, 9.17) is 5.73 Å². The molecule has 1 amide bonds. The van der Waals surface area contributed by atoms with Crippen molar-refractivity contribution < 1.29 is 9.18 Å². The Balaban J connectivity index is 3.35. The minimum absolute atomic E-state index is 0.138. The first-order valence-corrected chi connectivity index (χ1v) is 5.52. The summed E-state index contributed by atoms with van der Waals surface area (Å²) in [5.41, 5.74) is 5.46. The number of aromatic nitrogens is 1. The monoisotopic (exact) mass is 274 g/mol. The van der Waals surface area contributed by atoms with Crippen LogP contribution in [0.3, 0.4) is 0 Å². The average molecular weight is 275 g/mol. The molecule has 0 saturated carbocycles. The van der Waals surface area contributed by atoms with E-state index in [0.29, 0.717) is 11.0 Å². The normalized spacial score (nSPS) is 11.5. The van der Waals surface area contributed by atoms with Gasteiger partial charge in [-0.15, -0.1) is 0 Å². The smallest absolute Gasteiger partial charge is 0.250 e. The standard InChI is InChI=1S/C10H12BrFN2O/c1-10(2,5-11)8-7(9(13)15)3-6(12)4-14-8/h3-4H,5H2,1-2H3,(H2,13,15). The van der Waals surface area contributed by atoms with E-state index in [-0.39, 0.29) is 11.0 Å². The highest BCUT2D eigenvalue weighted by Crippen LogP contribution is 2.26. The Hall–Kier alpha value is -0.970. The number of amides is 1. The number of nitrogens with zero attached hydrogens (tertiary/aromatic N) is 1. The van der Waals surface area contributed by atoms with Crippen LogP contribution in [0.25, 0.3) is 0 Å². The van der Waals surface area contributed by atoms with E-state index in [1.54, 1.807) is 0 Å². The van der Waals surface area contributed by atoms with Gasteiger partial charge in [0.1, 0.15) is 5.82 Å². The first kappa shape index (κ1) is 12.1. The molecular formula is C10H12BrFN2O. The lowest BCUT2D eigenvalue weighted by molar-refractivity contribution is 0.0997. The van der Waals surface area contributed by atoms with Gasteiger partial charge >= 0.3 is 0 Å². The number of hydrogen-bond donors (Lipinski definition) is 1. The van der Waals surface area contributed by atoms with Crippen LogP contribution >= 0.6 is 15.9 Å². The third kappa shape index (κ3) is 2.53. The molecule has 3 nitrogen and oxygen atoms in total. The second-order valence-corrected chi connectivity index (χ2v) is 4.49. The molecule has 5 heteroatoms. The van der Waals surface area contributed by atoms with Crippen LogP contribution in [-0.2, 0) is 5.41 Å². The maximum atomic E-state index is 12.9. The Labute approximate surface area is 96.0 Å². The molecule has 1 aromatic heterocycles. The van der Waals surface area contributed by atoms with E-state index in [9.17, 15) is 9.18 Å². The van der Waals surface area contributed by atoms with E-state index in [1.165, 1.54) is 0 Å². The first-order chi connectivity index (χ1) is 6.88. The zero-order valence-corrected chi connectivity index (χ0v) is 10.1. The quantitative estimate of drug-likeness (QED) is 0.858. The number of primary amides is 1. The number of hydrogen-bond acceptors (Lipinski definition) is 2. The number of pyridine rings is 1. The zero-order chi connectivity index (χ0) is 11.6. The molecule has 0 atom stereocenters. The number of nitrogens with two attached hydrogens (primary N) is 1. The van der Waals surface area contributed by atoms with Gasteiger partial charge in [0.25, 0.3) is 5.91 Å². The molecule has 15 heavy (non-hydrogen) atoms. The minimum atomic E-state index is -0.661. The number of halogens is 2. The third-order valence-electron chi connectivity index (χ3n) is 2.09. The number of rotatable bonds is 3. The molecule has 0 aromatic carbocycles. The van der Waals surface area contributed by atoms with Crippen LogP contribution in [0.15, 0.2) is 12.3 Å². The largest absolute Gasteiger partial charge is 0.366 e. The second-order valence-electron chi connectivity index (χ2n) is 3.93. The predicted octanol–water partition coefficient (Wildman–Crippen LogP) is 1.99. The van der Waals surface area contributed by atoms with E-state index in [2.05, 4.69) is 20.9 Å². The van der Waals surface area contributed by atoms with Gasteiger partial charge in [-0.3, -0.25) is 9.78 Å². The SMILES string of the molecule is CC(C)(CBr)c1ncc(F)cc1C(N)=O. The summed E-state index contributed by atoms with van der Waals surface area (Å²) in [6.45, 7) is 3.79. The van der Waals surface area contributed by atoms with Gasteiger partial charge in [-0.25, -0.2) is 4.39 Å². The highest BCUT2D eigenvalue weighted by Gasteiger charge is 2.26. The summed E-state index contributed by atoms with van der Waals surface area (Å²) in [6.07, 6.45) is 1.09. The van der Waals surface area contributed by atoms with Crippen molar-refractivity contribution >= 4 is 21.8 Å². The molecule has 2 N–H and O–H groups in total. The summed E-state index contributed by atoms with van der Waals surface area (Å²) in [4.78, 5) is 15.1. The van der Waals surface area contributed by atoms with Gasteiger partial charge in [-0.05, 0) is 6.07 Å². The van der Waals surface area contributed by atoms with Crippen LogP contribution in [-0.4, -0.2) is 16.2 Å².